The van der Waals surface area contributed by atoms with E-state index in [1.54, 1.807) is 12.1 Å². The van der Waals surface area contributed by atoms with Crippen molar-refractivity contribution in [2.24, 2.45) is 0 Å². The zero-order chi connectivity index (χ0) is 29.6. The number of aryl methyl sites for hydroxylation is 3. The molecule has 0 spiro atoms. The second-order valence-electron chi connectivity index (χ2n) is 11.0. The molecule has 0 aliphatic rings. The molecule has 0 aromatic heterocycles. The van der Waals surface area contributed by atoms with Gasteiger partial charge >= 0.3 is 0 Å². The van der Waals surface area contributed by atoms with Gasteiger partial charge in [0.05, 0.1) is 12.1 Å². The molecule has 0 unspecified atom stereocenters. The van der Waals surface area contributed by atoms with E-state index >= 15 is 0 Å². The van der Waals surface area contributed by atoms with E-state index in [2.05, 4.69) is 55.7 Å². The molecule has 3 aromatic rings. The summed E-state index contributed by atoms with van der Waals surface area (Å²) in [5, 5.41) is 17.6. The molecule has 3 rings (SSSR count). The molecule has 3 aromatic carbocycles. The van der Waals surface area contributed by atoms with Crippen LogP contribution in [0.5, 0.6) is 0 Å². The van der Waals surface area contributed by atoms with Crippen molar-refractivity contribution >= 4 is 24.2 Å². The van der Waals surface area contributed by atoms with Gasteiger partial charge in [-0.25, -0.2) is 0 Å². The van der Waals surface area contributed by atoms with Crippen molar-refractivity contribution in [2.75, 3.05) is 26.2 Å². The fraction of sp³-hybridized carbons (Fsp3) is 0.429. The fourth-order valence-electron chi connectivity index (χ4n) is 5.04. The largest absolute Gasteiger partial charge is 0.390 e. The summed E-state index contributed by atoms with van der Waals surface area (Å²) in [6, 6.07) is 23.3. The Morgan fingerprint density at radius 1 is 0.833 bits per heavy atom. The quantitative estimate of drug-likeness (QED) is 0.180. The van der Waals surface area contributed by atoms with Gasteiger partial charge in [-0.1, -0.05) is 74.0 Å². The second kappa shape index (κ2) is 18.4. The number of benzene rings is 3. The molecule has 42 heavy (non-hydrogen) atoms. The molecule has 0 heterocycles. The lowest BCUT2D eigenvalue weighted by Gasteiger charge is -2.25. The summed E-state index contributed by atoms with van der Waals surface area (Å²) in [5.74, 6) is -0.346. The standard InChI is InChI=1S/C35H47N3O3.ClH/c1-5-19-38(20-6-2)35(41)31-22-27(4)21-30(24-31)34(40)37-32(23-29-11-8-7-9-12-29)33(39)25-36-18-10-13-28-16-14-26(3)15-17-28;/h7-9,11-12,14-17,21-22,24,32-33,36,39H,5-6,10,13,18-20,23,25H2,1-4H3,(H,37,40);1H/t32-,33+;/m0./s1. The zero-order valence-electron chi connectivity index (χ0n) is 25.6. The van der Waals surface area contributed by atoms with E-state index in [1.807, 2.05) is 48.2 Å². The number of rotatable bonds is 16. The molecule has 0 radical (unpaired) electrons. The van der Waals surface area contributed by atoms with Crippen LogP contribution in [0.25, 0.3) is 0 Å². The molecule has 0 aliphatic heterocycles. The summed E-state index contributed by atoms with van der Waals surface area (Å²) in [6.07, 6.45) is 3.40. The van der Waals surface area contributed by atoms with Gasteiger partial charge in [0, 0.05) is 30.8 Å². The van der Waals surface area contributed by atoms with Crippen LogP contribution in [0.2, 0.25) is 0 Å². The van der Waals surface area contributed by atoms with Gasteiger partial charge in [0.15, 0.2) is 0 Å². The number of aliphatic hydroxyl groups excluding tert-OH is 1. The highest BCUT2D eigenvalue weighted by atomic mass is 35.5. The number of halogens is 1. The molecule has 0 bridgehead atoms. The molecular weight excluding hydrogens is 546 g/mol. The third-order valence-corrected chi connectivity index (χ3v) is 7.23. The zero-order valence-corrected chi connectivity index (χ0v) is 26.4. The van der Waals surface area contributed by atoms with Gasteiger partial charge in [0.25, 0.3) is 11.8 Å². The molecule has 7 heteroatoms. The number of carbonyl (C=O) groups is 2. The Labute approximate surface area is 258 Å². The van der Waals surface area contributed by atoms with Crippen molar-refractivity contribution in [3.63, 3.8) is 0 Å². The summed E-state index contributed by atoms with van der Waals surface area (Å²) in [4.78, 5) is 28.6. The highest BCUT2D eigenvalue weighted by Gasteiger charge is 2.24. The lowest BCUT2D eigenvalue weighted by molar-refractivity contribution is 0.0755. The number of hydrogen-bond acceptors (Lipinski definition) is 4. The van der Waals surface area contributed by atoms with Gasteiger partial charge in [0.1, 0.15) is 0 Å². The van der Waals surface area contributed by atoms with Crippen LogP contribution < -0.4 is 10.6 Å². The molecule has 228 valence electrons. The lowest BCUT2D eigenvalue weighted by atomic mass is 9.99. The molecule has 0 aliphatic carbocycles. The average molecular weight is 594 g/mol. The van der Waals surface area contributed by atoms with Gasteiger partial charge in [0.2, 0.25) is 0 Å². The van der Waals surface area contributed by atoms with Gasteiger partial charge in [-0.15, -0.1) is 12.4 Å². The molecule has 3 N–H and O–H groups in total. The summed E-state index contributed by atoms with van der Waals surface area (Å²) in [6.45, 7) is 10.6. The van der Waals surface area contributed by atoms with Gasteiger partial charge in [-0.3, -0.25) is 9.59 Å². The van der Waals surface area contributed by atoms with Crippen molar-refractivity contribution in [3.8, 4) is 0 Å². The van der Waals surface area contributed by atoms with Gasteiger partial charge in [-0.05, 0) is 87.4 Å². The summed E-state index contributed by atoms with van der Waals surface area (Å²) in [7, 11) is 0. The highest BCUT2D eigenvalue weighted by molar-refractivity contribution is 6.00. The predicted octanol–water partition coefficient (Wildman–Crippen LogP) is 5.91. The molecule has 0 saturated carbocycles. The Morgan fingerprint density at radius 3 is 2.12 bits per heavy atom. The third-order valence-electron chi connectivity index (χ3n) is 7.23. The van der Waals surface area contributed by atoms with Gasteiger partial charge in [-0.2, -0.15) is 0 Å². The second-order valence-corrected chi connectivity index (χ2v) is 11.0. The molecular formula is C35H48ClN3O3. The number of aliphatic hydroxyl groups is 1. The number of amides is 2. The van der Waals surface area contributed by atoms with E-state index in [4.69, 9.17) is 0 Å². The first kappa shape index (κ1) is 35.0. The van der Waals surface area contributed by atoms with Crippen LogP contribution in [0.4, 0.5) is 0 Å². The van der Waals surface area contributed by atoms with E-state index in [1.165, 1.54) is 11.1 Å². The van der Waals surface area contributed by atoms with Crippen molar-refractivity contribution < 1.29 is 14.7 Å². The van der Waals surface area contributed by atoms with Crippen molar-refractivity contribution in [1.82, 2.24) is 15.5 Å². The maximum Gasteiger partial charge on any atom is 0.253 e. The first-order valence-corrected chi connectivity index (χ1v) is 15.0. The van der Waals surface area contributed by atoms with Crippen molar-refractivity contribution in [1.29, 1.82) is 0 Å². The summed E-state index contributed by atoms with van der Waals surface area (Å²) >= 11 is 0. The van der Waals surface area contributed by atoms with Gasteiger partial charge < -0.3 is 20.6 Å². The minimum absolute atomic E-state index is 0. The van der Waals surface area contributed by atoms with E-state index < -0.39 is 12.1 Å². The Bertz CT molecular complexity index is 1230. The fourth-order valence-corrected chi connectivity index (χ4v) is 5.04. The normalized spacial score (nSPS) is 12.2. The minimum Gasteiger partial charge on any atom is -0.390 e. The van der Waals surface area contributed by atoms with Crippen LogP contribution in [0.3, 0.4) is 0 Å². The summed E-state index contributed by atoms with van der Waals surface area (Å²) < 4.78 is 0. The molecule has 2 atom stereocenters. The SMILES string of the molecule is CCCN(CCC)C(=O)c1cc(C)cc(C(=O)N[C@@H](Cc2ccccc2)[C@H](O)CNCCCc2ccc(C)cc2)c1.Cl. The van der Waals surface area contributed by atoms with Crippen molar-refractivity contribution in [3.05, 3.63) is 106 Å². The Hall–Kier alpha value is -3.19. The number of nitrogens with one attached hydrogen (secondary N) is 2. The Kier molecular flexibility index (Phi) is 15.3. The third kappa shape index (κ3) is 11.2. The smallest absolute Gasteiger partial charge is 0.253 e. The van der Waals surface area contributed by atoms with E-state index in [-0.39, 0.29) is 24.2 Å². The van der Waals surface area contributed by atoms with Crippen LogP contribution >= 0.6 is 12.4 Å². The number of nitrogens with zero attached hydrogens (tertiary/aromatic N) is 1. The topological polar surface area (TPSA) is 81.7 Å². The van der Waals surface area contributed by atoms with Crippen LogP contribution in [0.15, 0.2) is 72.8 Å². The molecule has 0 saturated heterocycles. The molecule has 0 fully saturated rings. The lowest BCUT2D eigenvalue weighted by Crippen LogP contribution is -2.49. The molecule has 2 amide bonds. The molecule has 6 nitrogen and oxygen atoms in total. The maximum atomic E-state index is 13.5. The van der Waals surface area contributed by atoms with Crippen LogP contribution in [-0.2, 0) is 12.8 Å². The summed E-state index contributed by atoms with van der Waals surface area (Å²) in [5.41, 5.74) is 5.39. The van der Waals surface area contributed by atoms with E-state index in [0.29, 0.717) is 37.2 Å². The maximum absolute atomic E-state index is 13.5. The van der Waals surface area contributed by atoms with Crippen LogP contribution in [0, 0.1) is 13.8 Å². The highest BCUT2D eigenvalue weighted by Crippen LogP contribution is 2.15. The number of carbonyl (C=O) groups excluding carboxylic acids is 2. The Morgan fingerprint density at radius 2 is 1.48 bits per heavy atom. The monoisotopic (exact) mass is 593 g/mol. The predicted molar refractivity (Wildman–Crippen MR) is 175 cm³/mol. The number of hydrogen-bond donors (Lipinski definition) is 3. The van der Waals surface area contributed by atoms with Crippen LogP contribution in [0.1, 0.15) is 76.1 Å². The van der Waals surface area contributed by atoms with Crippen LogP contribution in [-0.4, -0.2) is 60.1 Å². The van der Waals surface area contributed by atoms with Crippen molar-refractivity contribution in [2.45, 2.75) is 71.9 Å². The van der Waals surface area contributed by atoms with E-state index in [9.17, 15) is 14.7 Å². The average Bonchev–Trinajstić information content (AvgIpc) is 2.97. The first-order valence-electron chi connectivity index (χ1n) is 15.0. The minimum atomic E-state index is -0.783. The Balaban J connectivity index is 0.00000616. The first-order chi connectivity index (χ1) is 19.8. The van der Waals surface area contributed by atoms with E-state index in [0.717, 1.165) is 43.4 Å².